The van der Waals surface area contributed by atoms with Gasteiger partial charge < -0.3 is 25.4 Å². The monoisotopic (exact) mass is 804 g/mol. The van der Waals surface area contributed by atoms with Crippen molar-refractivity contribution < 1.29 is 23.9 Å². The van der Waals surface area contributed by atoms with Crippen molar-refractivity contribution in [2.75, 3.05) is 24.9 Å². The Morgan fingerprint density at radius 2 is 1.57 bits per heavy atom. The molecule has 5 aromatic carbocycles. The number of benzene rings is 5. The van der Waals surface area contributed by atoms with Crippen molar-refractivity contribution in [2.45, 2.75) is 35.3 Å². The molecule has 0 bridgehead atoms. The lowest BCUT2D eigenvalue weighted by atomic mass is 9.83. The van der Waals surface area contributed by atoms with Crippen molar-refractivity contribution in [3.63, 3.8) is 0 Å². The van der Waals surface area contributed by atoms with Gasteiger partial charge in [0.15, 0.2) is 0 Å². The number of ether oxygens (including phenoxy) is 2. The summed E-state index contributed by atoms with van der Waals surface area (Å²) in [4.78, 5) is 43.4. The molecule has 290 valence electrons. The number of amides is 3. The lowest BCUT2D eigenvalue weighted by Gasteiger charge is -2.22. The second-order valence-electron chi connectivity index (χ2n) is 13.5. The van der Waals surface area contributed by atoms with E-state index in [4.69, 9.17) is 9.47 Å². The number of carbonyl (C=O) groups is 3. The third-order valence-corrected chi connectivity index (χ3v) is 12.3. The molecular formula is C47H40N4O5S2. The summed E-state index contributed by atoms with van der Waals surface area (Å²) in [6, 6.07) is 43.2. The van der Waals surface area contributed by atoms with Crippen molar-refractivity contribution in [1.29, 1.82) is 5.26 Å². The van der Waals surface area contributed by atoms with Crippen LogP contribution in [0.5, 0.6) is 11.5 Å². The average Bonchev–Trinajstić information content (AvgIpc) is 3.62. The zero-order valence-electron chi connectivity index (χ0n) is 31.9. The fourth-order valence-electron chi connectivity index (χ4n) is 6.91. The molecule has 1 aromatic heterocycles. The van der Waals surface area contributed by atoms with Crippen LogP contribution in [0.15, 0.2) is 144 Å². The first kappa shape index (κ1) is 39.6. The predicted molar refractivity (Wildman–Crippen MR) is 230 cm³/mol. The van der Waals surface area contributed by atoms with E-state index < -0.39 is 17.1 Å². The maximum atomic E-state index is 14.3. The number of nitrogens with one attached hydrogen (secondary N) is 3. The molecule has 2 unspecified atom stereocenters. The summed E-state index contributed by atoms with van der Waals surface area (Å²) in [5.41, 5.74) is 4.95. The van der Waals surface area contributed by atoms with Gasteiger partial charge in [0.25, 0.3) is 11.8 Å². The Labute approximate surface area is 345 Å². The normalized spacial score (nSPS) is 13.9. The van der Waals surface area contributed by atoms with Gasteiger partial charge in [0, 0.05) is 26.6 Å². The highest BCUT2D eigenvalue weighted by Gasteiger charge is 2.30. The van der Waals surface area contributed by atoms with Crippen molar-refractivity contribution in [3.05, 3.63) is 177 Å². The average molecular weight is 805 g/mol. The van der Waals surface area contributed by atoms with Gasteiger partial charge in [-0.1, -0.05) is 84.9 Å². The van der Waals surface area contributed by atoms with Crippen molar-refractivity contribution in [2.24, 2.45) is 0 Å². The van der Waals surface area contributed by atoms with E-state index in [-0.39, 0.29) is 11.6 Å². The minimum absolute atomic E-state index is 0.0259. The first-order valence-electron chi connectivity index (χ1n) is 18.7. The van der Waals surface area contributed by atoms with Crippen LogP contribution in [0, 0.1) is 11.3 Å². The summed E-state index contributed by atoms with van der Waals surface area (Å²) in [5, 5.41) is 19.0. The standard InChI is InChI=1S/C47H40N4O5S2/c1-55-36-22-24-41(56-2)34(25-36)26-40(50-44(52)32-17-10-5-11-18-32)45(53)49-35-19-12-20-37(28-35)57-43(31-15-8-4-9-16-31)46(54)51-47-39(29-48)38-23-21-33(27-42(38)58-47)30-13-6-3-7-14-30/h3-20,22,24-26,28,33,43H,21,23,27H2,1-2H3,(H,49,53)(H,50,52)(H,51,54)/b40-26+. The number of nitrogens with zero attached hydrogens (tertiary/aromatic N) is 1. The largest absolute Gasteiger partial charge is 0.497 e. The van der Waals surface area contributed by atoms with Crippen molar-refractivity contribution in [3.8, 4) is 17.6 Å². The molecule has 3 N–H and O–H groups in total. The highest BCUT2D eigenvalue weighted by atomic mass is 32.2. The number of rotatable bonds is 13. The molecule has 0 fully saturated rings. The summed E-state index contributed by atoms with van der Waals surface area (Å²) in [6.07, 6.45) is 4.08. The summed E-state index contributed by atoms with van der Waals surface area (Å²) in [6.45, 7) is 0. The third kappa shape index (κ3) is 9.32. The highest BCUT2D eigenvalue weighted by molar-refractivity contribution is 8.00. The van der Waals surface area contributed by atoms with Crippen LogP contribution in [0.2, 0.25) is 0 Å². The Bertz CT molecular complexity index is 2500. The van der Waals surface area contributed by atoms with Gasteiger partial charge in [-0.3, -0.25) is 14.4 Å². The maximum absolute atomic E-state index is 14.3. The van der Waals surface area contributed by atoms with Crippen LogP contribution in [0.3, 0.4) is 0 Å². The number of thiophene rings is 1. The summed E-state index contributed by atoms with van der Waals surface area (Å²) in [7, 11) is 3.06. The molecule has 0 aliphatic heterocycles. The zero-order chi connectivity index (χ0) is 40.4. The molecule has 58 heavy (non-hydrogen) atoms. The van der Waals surface area contributed by atoms with Crippen LogP contribution in [-0.4, -0.2) is 31.9 Å². The smallest absolute Gasteiger partial charge is 0.272 e. The summed E-state index contributed by atoms with van der Waals surface area (Å²) in [5.74, 6) is 0.0772. The van der Waals surface area contributed by atoms with Gasteiger partial charge in [0.05, 0.1) is 19.8 Å². The molecule has 2 atom stereocenters. The molecule has 0 saturated heterocycles. The maximum Gasteiger partial charge on any atom is 0.272 e. The van der Waals surface area contributed by atoms with E-state index in [1.54, 1.807) is 66.7 Å². The molecule has 11 heteroatoms. The molecule has 0 saturated carbocycles. The van der Waals surface area contributed by atoms with E-state index in [0.29, 0.717) is 49.7 Å². The molecule has 3 amide bonds. The van der Waals surface area contributed by atoms with E-state index in [0.717, 1.165) is 35.3 Å². The molecular weight excluding hydrogens is 765 g/mol. The number of methoxy groups -OCH3 is 2. The summed E-state index contributed by atoms with van der Waals surface area (Å²) < 4.78 is 10.9. The predicted octanol–water partition coefficient (Wildman–Crippen LogP) is 9.79. The van der Waals surface area contributed by atoms with E-state index in [9.17, 15) is 19.6 Å². The molecule has 1 aliphatic carbocycles. The fraction of sp³-hybridized carbons (Fsp3) is 0.149. The molecule has 1 aliphatic rings. The number of hydrogen-bond donors (Lipinski definition) is 3. The molecule has 6 aromatic rings. The SMILES string of the molecule is COc1ccc(OC)c(/C=C(/NC(=O)c2ccccc2)C(=O)Nc2cccc(SC(C(=O)Nc3sc4c(c3C#N)CCC(c3ccccc3)C4)c3ccccc3)c2)c1. The van der Waals surface area contributed by atoms with E-state index in [1.807, 2.05) is 42.5 Å². The molecule has 0 spiro atoms. The zero-order valence-corrected chi connectivity index (χ0v) is 33.5. The topological polar surface area (TPSA) is 130 Å². The lowest BCUT2D eigenvalue weighted by Crippen LogP contribution is -2.30. The minimum Gasteiger partial charge on any atom is -0.497 e. The Hall–Kier alpha value is -6.61. The van der Waals surface area contributed by atoms with E-state index >= 15 is 0 Å². The Morgan fingerprint density at radius 1 is 0.845 bits per heavy atom. The van der Waals surface area contributed by atoms with Gasteiger partial charge >= 0.3 is 0 Å². The van der Waals surface area contributed by atoms with E-state index in [1.165, 1.54) is 49.0 Å². The fourth-order valence-corrected chi connectivity index (χ4v) is 9.28. The van der Waals surface area contributed by atoms with Crippen molar-refractivity contribution >= 4 is 57.6 Å². The van der Waals surface area contributed by atoms with Gasteiger partial charge in [0.1, 0.15) is 33.5 Å². The first-order valence-corrected chi connectivity index (χ1v) is 20.4. The van der Waals surface area contributed by atoms with Crippen molar-refractivity contribution in [1.82, 2.24) is 5.32 Å². The Kier molecular flexibility index (Phi) is 12.7. The van der Waals surface area contributed by atoms with Crippen LogP contribution in [0.4, 0.5) is 10.7 Å². The van der Waals surface area contributed by atoms with Crippen LogP contribution in [0.1, 0.15) is 60.6 Å². The minimum atomic E-state index is -0.684. The highest BCUT2D eigenvalue weighted by Crippen LogP contribution is 2.44. The number of carbonyl (C=O) groups excluding carboxylic acids is 3. The van der Waals surface area contributed by atoms with Crippen LogP contribution in [0.25, 0.3) is 6.08 Å². The summed E-state index contributed by atoms with van der Waals surface area (Å²) >= 11 is 2.82. The van der Waals surface area contributed by atoms with Crippen LogP contribution < -0.4 is 25.4 Å². The number of nitriles is 1. The number of anilines is 2. The molecule has 0 radical (unpaired) electrons. The van der Waals surface area contributed by atoms with E-state index in [2.05, 4.69) is 46.3 Å². The second kappa shape index (κ2) is 18.6. The quantitative estimate of drug-likeness (QED) is 0.0783. The second-order valence-corrected chi connectivity index (χ2v) is 15.8. The number of fused-ring (bicyclic) bond motifs is 1. The number of thioether (sulfide) groups is 1. The Morgan fingerprint density at radius 3 is 2.28 bits per heavy atom. The Balaban J connectivity index is 1.13. The molecule has 1 heterocycles. The third-order valence-electron chi connectivity index (χ3n) is 9.84. The molecule has 9 nitrogen and oxygen atoms in total. The van der Waals surface area contributed by atoms with Gasteiger partial charge in [-0.05, 0) is 96.5 Å². The van der Waals surface area contributed by atoms with Gasteiger partial charge in [-0.2, -0.15) is 5.26 Å². The molecule has 7 rings (SSSR count). The van der Waals surface area contributed by atoms with Gasteiger partial charge in [0.2, 0.25) is 5.91 Å². The van der Waals surface area contributed by atoms with Crippen LogP contribution in [-0.2, 0) is 22.4 Å². The number of hydrogen-bond acceptors (Lipinski definition) is 8. The van der Waals surface area contributed by atoms with Crippen LogP contribution >= 0.6 is 23.1 Å². The lowest BCUT2D eigenvalue weighted by molar-refractivity contribution is -0.116. The van der Waals surface area contributed by atoms with Gasteiger partial charge in [-0.15, -0.1) is 23.1 Å². The first-order chi connectivity index (χ1) is 28.3. The van der Waals surface area contributed by atoms with Gasteiger partial charge in [-0.25, -0.2) is 0 Å².